The number of aryl methyl sites for hydroxylation is 2. The van der Waals surface area contributed by atoms with Crippen molar-refractivity contribution in [3.63, 3.8) is 0 Å². The van der Waals surface area contributed by atoms with Crippen LogP contribution in [0, 0.1) is 6.92 Å². The van der Waals surface area contributed by atoms with Gasteiger partial charge in [0.1, 0.15) is 11.4 Å². The lowest BCUT2D eigenvalue weighted by Gasteiger charge is -2.10. The number of aromatic nitrogens is 3. The minimum atomic E-state index is 0.669. The maximum Gasteiger partial charge on any atom is 0.119 e. The average molecular weight is 246 g/mol. The monoisotopic (exact) mass is 246 g/mol. The molecule has 0 aliphatic rings. The van der Waals surface area contributed by atoms with E-state index in [0.29, 0.717) is 13.2 Å². The van der Waals surface area contributed by atoms with E-state index in [0.717, 1.165) is 22.7 Å². The van der Waals surface area contributed by atoms with Gasteiger partial charge in [0.2, 0.25) is 0 Å². The maximum absolute atomic E-state index is 5.45. The molecule has 5 heteroatoms. The van der Waals surface area contributed by atoms with Crippen LogP contribution in [-0.2, 0) is 13.6 Å². The van der Waals surface area contributed by atoms with Crippen molar-refractivity contribution in [1.82, 2.24) is 15.0 Å². The van der Waals surface area contributed by atoms with Gasteiger partial charge in [-0.3, -0.25) is 4.68 Å². The molecule has 5 nitrogen and oxygen atoms in total. The predicted molar refractivity (Wildman–Crippen MR) is 70.7 cm³/mol. The molecule has 18 heavy (non-hydrogen) atoms. The van der Waals surface area contributed by atoms with Crippen molar-refractivity contribution in [2.45, 2.75) is 20.4 Å². The summed E-state index contributed by atoms with van der Waals surface area (Å²) in [5, 5.41) is 11.3. The Bertz CT molecular complexity index is 521. The molecule has 0 saturated carbocycles. The second kappa shape index (κ2) is 5.53. The van der Waals surface area contributed by atoms with Gasteiger partial charge in [0.15, 0.2) is 0 Å². The Labute approximate surface area is 107 Å². The van der Waals surface area contributed by atoms with Crippen LogP contribution in [-0.4, -0.2) is 21.6 Å². The summed E-state index contributed by atoms with van der Waals surface area (Å²) >= 11 is 0. The van der Waals surface area contributed by atoms with Gasteiger partial charge >= 0.3 is 0 Å². The van der Waals surface area contributed by atoms with Gasteiger partial charge in [0.25, 0.3) is 0 Å². The summed E-state index contributed by atoms with van der Waals surface area (Å²) in [7, 11) is 1.86. The summed E-state index contributed by atoms with van der Waals surface area (Å²) in [5.41, 5.74) is 3.17. The van der Waals surface area contributed by atoms with E-state index in [2.05, 4.69) is 22.6 Å². The molecule has 1 heterocycles. The summed E-state index contributed by atoms with van der Waals surface area (Å²) < 4.78 is 7.15. The SMILES string of the molecule is CCOc1ccc(NCc2cn(C)nn2)c(C)c1. The van der Waals surface area contributed by atoms with Crippen molar-refractivity contribution in [2.24, 2.45) is 7.05 Å². The molecule has 0 fully saturated rings. The number of benzene rings is 1. The van der Waals surface area contributed by atoms with Crippen LogP contribution < -0.4 is 10.1 Å². The predicted octanol–water partition coefficient (Wildman–Crippen LogP) is 2.13. The van der Waals surface area contributed by atoms with Crippen molar-refractivity contribution in [1.29, 1.82) is 0 Å². The number of anilines is 1. The number of hydrogen-bond acceptors (Lipinski definition) is 4. The summed E-state index contributed by atoms with van der Waals surface area (Å²) in [4.78, 5) is 0. The molecule has 0 unspecified atom stereocenters. The second-order valence-corrected chi connectivity index (χ2v) is 4.15. The van der Waals surface area contributed by atoms with Gasteiger partial charge in [-0.15, -0.1) is 5.10 Å². The van der Waals surface area contributed by atoms with E-state index in [1.165, 1.54) is 0 Å². The first kappa shape index (κ1) is 12.4. The first-order valence-corrected chi connectivity index (χ1v) is 6.01. The Morgan fingerprint density at radius 1 is 1.39 bits per heavy atom. The molecular formula is C13H18N4O. The second-order valence-electron chi connectivity index (χ2n) is 4.15. The fraction of sp³-hybridized carbons (Fsp3) is 0.385. The van der Waals surface area contributed by atoms with Crippen molar-refractivity contribution in [3.8, 4) is 5.75 Å². The molecule has 0 saturated heterocycles. The summed E-state index contributed by atoms with van der Waals surface area (Å²) in [6, 6.07) is 6.02. The zero-order valence-electron chi connectivity index (χ0n) is 11.0. The normalized spacial score (nSPS) is 10.4. The highest BCUT2D eigenvalue weighted by atomic mass is 16.5. The van der Waals surface area contributed by atoms with Crippen molar-refractivity contribution in [2.75, 3.05) is 11.9 Å². The minimum absolute atomic E-state index is 0.669. The van der Waals surface area contributed by atoms with Gasteiger partial charge in [-0.2, -0.15) is 0 Å². The van der Waals surface area contributed by atoms with Crippen LogP contribution in [0.4, 0.5) is 5.69 Å². The van der Waals surface area contributed by atoms with Crippen LogP contribution in [0.5, 0.6) is 5.75 Å². The third-order valence-electron chi connectivity index (χ3n) is 2.62. The highest BCUT2D eigenvalue weighted by Gasteiger charge is 2.02. The van der Waals surface area contributed by atoms with Crippen LogP contribution in [0.1, 0.15) is 18.2 Å². The van der Waals surface area contributed by atoms with Crippen LogP contribution in [0.3, 0.4) is 0 Å². The molecule has 2 aromatic rings. The fourth-order valence-corrected chi connectivity index (χ4v) is 1.75. The molecule has 0 amide bonds. The topological polar surface area (TPSA) is 52.0 Å². The van der Waals surface area contributed by atoms with Crippen molar-refractivity contribution in [3.05, 3.63) is 35.7 Å². The molecule has 96 valence electrons. The van der Waals surface area contributed by atoms with Gasteiger partial charge in [0.05, 0.1) is 13.2 Å². The van der Waals surface area contributed by atoms with Gasteiger partial charge < -0.3 is 10.1 Å². The first-order chi connectivity index (χ1) is 8.69. The lowest BCUT2D eigenvalue weighted by atomic mass is 10.2. The summed E-state index contributed by atoms with van der Waals surface area (Å²) in [6.07, 6.45) is 1.90. The summed E-state index contributed by atoms with van der Waals surface area (Å²) in [5.74, 6) is 0.903. The Hall–Kier alpha value is -2.04. The van der Waals surface area contributed by atoms with E-state index in [-0.39, 0.29) is 0 Å². The summed E-state index contributed by atoms with van der Waals surface area (Å²) in [6.45, 7) is 5.39. The van der Waals surface area contributed by atoms with Crippen molar-refractivity contribution < 1.29 is 4.74 Å². The molecule has 0 atom stereocenters. The Balaban J connectivity index is 2.01. The lowest BCUT2D eigenvalue weighted by Crippen LogP contribution is -2.02. The van der Waals surface area contributed by atoms with E-state index in [1.54, 1.807) is 4.68 Å². The van der Waals surface area contributed by atoms with E-state index in [4.69, 9.17) is 4.74 Å². The Morgan fingerprint density at radius 2 is 2.22 bits per heavy atom. The maximum atomic E-state index is 5.45. The zero-order valence-corrected chi connectivity index (χ0v) is 11.0. The van der Waals surface area contributed by atoms with Gasteiger partial charge in [0, 0.05) is 18.9 Å². The molecule has 0 spiro atoms. The van der Waals surface area contributed by atoms with E-state index < -0.39 is 0 Å². The molecule has 0 aliphatic carbocycles. The standard InChI is InChI=1S/C13H18N4O/c1-4-18-12-5-6-13(10(2)7-12)14-8-11-9-17(3)16-15-11/h5-7,9,14H,4,8H2,1-3H3. The molecule has 1 aromatic heterocycles. The van der Waals surface area contributed by atoms with Crippen LogP contribution in [0.25, 0.3) is 0 Å². The number of rotatable bonds is 5. The van der Waals surface area contributed by atoms with Gasteiger partial charge in [-0.05, 0) is 37.6 Å². The number of nitrogens with one attached hydrogen (secondary N) is 1. The first-order valence-electron chi connectivity index (χ1n) is 6.01. The third kappa shape index (κ3) is 3.00. The van der Waals surface area contributed by atoms with E-state index in [1.807, 2.05) is 38.4 Å². The Morgan fingerprint density at radius 3 is 2.83 bits per heavy atom. The number of nitrogens with zero attached hydrogens (tertiary/aromatic N) is 3. The molecule has 1 N–H and O–H groups in total. The largest absolute Gasteiger partial charge is 0.494 e. The molecule has 0 bridgehead atoms. The van der Waals surface area contributed by atoms with Crippen LogP contribution in [0.15, 0.2) is 24.4 Å². The van der Waals surface area contributed by atoms with Crippen LogP contribution >= 0.6 is 0 Å². The van der Waals surface area contributed by atoms with Gasteiger partial charge in [-0.1, -0.05) is 5.21 Å². The molecule has 2 rings (SSSR count). The molecule has 1 aromatic carbocycles. The molecule has 0 aliphatic heterocycles. The third-order valence-corrected chi connectivity index (χ3v) is 2.62. The van der Waals surface area contributed by atoms with Crippen LogP contribution in [0.2, 0.25) is 0 Å². The molecule has 0 radical (unpaired) electrons. The fourth-order valence-electron chi connectivity index (χ4n) is 1.75. The number of ether oxygens (including phenoxy) is 1. The smallest absolute Gasteiger partial charge is 0.119 e. The van der Waals surface area contributed by atoms with Crippen molar-refractivity contribution >= 4 is 5.69 Å². The number of hydrogen-bond donors (Lipinski definition) is 1. The quantitative estimate of drug-likeness (QED) is 0.878. The van der Waals surface area contributed by atoms with Gasteiger partial charge in [-0.25, -0.2) is 0 Å². The lowest BCUT2D eigenvalue weighted by molar-refractivity contribution is 0.340. The van der Waals surface area contributed by atoms with E-state index >= 15 is 0 Å². The van der Waals surface area contributed by atoms with E-state index in [9.17, 15) is 0 Å². The average Bonchev–Trinajstić information content (AvgIpc) is 2.74. The Kier molecular flexibility index (Phi) is 3.82. The molecular weight excluding hydrogens is 228 g/mol. The highest BCUT2D eigenvalue weighted by molar-refractivity contribution is 5.53. The highest BCUT2D eigenvalue weighted by Crippen LogP contribution is 2.21. The zero-order chi connectivity index (χ0) is 13.0. The minimum Gasteiger partial charge on any atom is -0.494 e.